The number of rotatable bonds is 5. The molecule has 0 aromatic carbocycles. The van der Waals surface area contributed by atoms with Crippen molar-refractivity contribution in [3.05, 3.63) is 0 Å². The number of hydrogen-bond acceptors (Lipinski definition) is 4. The third-order valence-electron chi connectivity index (χ3n) is 7.05. The topological polar surface area (TPSA) is 42.9 Å². The molecule has 27 heavy (non-hydrogen) atoms. The zero-order valence-corrected chi connectivity index (χ0v) is 18.6. The molecule has 3 aliphatic rings. The molecule has 0 aromatic rings. The summed E-state index contributed by atoms with van der Waals surface area (Å²) >= 11 is 2.03. The third kappa shape index (κ3) is 5.77. The first-order valence-electron chi connectivity index (χ1n) is 11.1. The van der Waals surface area contributed by atoms with E-state index in [9.17, 15) is 0 Å². The monoisotopic (exact) mass is 395 g/mol. The summed E-state index contributed by atoms with van der Waals surface area (Å²) in [5.41, 5.74) is 0.304. The Balaban J connectivity index is 1.58. The van der Waals surface area contributed by atoms with E-state index < -0.39 is 0 Å². The first-order chi connectivity index (χ1) is 13.1. The van der Waals surface area contributed by atoms with Gasteiger partial charge in [-0.2, -0.15) is 11.8 Å². The summed E-state index contributed by atoms with van der Waals surface area (Å²) in [5, 5.41) is 8.29. The number of nitrogens with zero attached hydrogens (tertiary/aromatic N) is 3. The highest BCUT2D eigenvalue weighted by atomic mass is 32.2. The summed E-state index contributed by atoms with van der Waals surface area (Å²) in [4.78, 5) is 9.85. The molecule has 2 aliphatic heterocycles. The molecule has 2 N–H and O–H groups in total. The van der Waals surface area contributed by atoms with Crippen LogP contribution >= 0.6 is 11.8 Å². The molecule has 1 aliphatic carbocycles. The number of guanidine groups is 1. The smallest absolute Gasteiger partial charge is 0.191 e. The zero-order chi connectivity index (χ0) is 19.1. The van der Waals surface area contributed by atoms with Crippen LogP contribution in [0.4, 0.5) is 0 Å². The highest BCUT2D eigenvalue weighted by molar-refractivity contribution is 7.99. The predicted molar refractivity (Wildman–Crippen MR) is 119 cm³/mol. The Bertz CT molecular complexity index is 469. The van der Waals surface area contributed by atoms with Crippen molar-refractivity contribution >= 4 is 17.7 Å². The summed E-state index contributed by atoms with van der Waals surface area (Å²) < 4.78 is 0. The summed E-state index contributed by atoms with van der Waals surface area (Å²) in [5.74, 6) is 1.01. The molecule has 2 atom stereocenters. The molecule has 1 saturated carbocycles. The Hall–Kier alpha value is -0.460. The van der Waals surface area contributed by atoms with Crippen LogP contribution in [0.25, 0.3) is 0 Å². The molecule has 3 rings (SSSR count). The lowest BCUT2D eigenvalue weighted by Crippen LogP contribution is -2.62. The minimum Gasteiger partial charge on any atom is -0.355 e. The number of nitrogens with one attached hydrogen (secondary N) is 2. The van der Waals surface area contributed by atoms with Crippen LogP contribution in [0.5, 0.6) is 0 Å². The fourth-order valence-electron chi connectivity index (χ4n) is 5.13. The lowest BCUT2D eigenvalue weighted by Gasteiger charge is -2.50. The van der Waals surface area contributed by atoms with E-state index in [-0.39, 0.29) is 0 Å². The van der Waals surface area contributed by atoms with E-state index in [1.54, 1.807) is 0 Å². The van der Waals surface area contributed by atoms with Crippen LogP contribution in [-0.2, 0) is 0 Å². The van der Waals surface area contributed by atoms with Gasteiger partial charge in [0.25, 0.3) is 0 Å². The fraction of sp³-hybridized carbons (Fsp3) is 0.952. The fourth-order valence-corrected chi connectivity index (χ4v) is 5.96. The molecule has 3 fully saturated rings. The maximum atomic E-state index is 4.57. The SMILES string of the molecule is CN=C(NCC1(N2CCCCC2)CCN(C)CC1)NC1CCCC(SC)C1. The van der Waals surface area contributed by atoms with E-state index in [0.29, 0.717) is 11.6 Å². The molecule has 0 spiro atoms. The minimum atomic E-state index is 0.304. The van der Waals surface area contributed by atoms with Gasteiger partial charge in [0.2, 0.25) is 0 Å². The summed E-state index contributed by atoms with van der Waals surface area (Å²) in [6.07, 6.45) is 14.2. The van der Waals surface area contributed by atoms with Gasteiger partial charge in [-0.3, -0.25) is 9.89 Å². The maximum absolute atomic E-state index is 4.57. The van der Waals surface area contributed by atoms with Gasteiger partial charge in [-0.1, -0.05) is 12.8 Å². The van der Waals surface area contributed by atoms with E-state index >= 15 is 0 Å². The van der Waals surface area contributed by atoms with Gasteiger partial charge in [0.15, 0.2) is 5.96 Å². The van der Waals surface area contributed by atoms with Gasteiger partial charge in [-0.25, -0.2) is 0 Å². The average molecular weight is 396 g/mol. The van der Waals surface area contributed by atoms with Crippen LogP contribution in [0.3, 0.4) is 0 Å². The van der Waals surface area contributed by atoms with Gasteiger partial charge < -0.3 is 15.5 Å². The maximum Gasteiger partial charge on any atom is 0.191 e. The van der Waals surface area contributed by atoms with Crippen LogP contribution in [0.1, 0.15) is 57.8 Å². The van der Waals surface area contributed by atoms with Crippen molar-refractivity contribution in [1.29, 1.82) is 0 Å². The second kappa shape index (κ2) is 10.4. The molecular formula is C21H41N5S. The van der Waals surface area contributed by atoms with Crippen molar-refractivity contribution in [3.63, 3.8) is 0 Å². The van der Waals surface area contributed by atoms with Crippen molar-refractivity contribution < 1.29 is 0 Å². The molecular weight excluding hydrogens is 354 g/mol. The first kappa shape index (κ1) is 21.3. The number of likely N-dealkylation sites (tertiary alicyclic amines) is 2. The average Bonchev–Trinajstić information content (AvgIpc) is 2.73. The lowest BCUT2D eigenvalue weighted by atomic mass is 9.84. The third-order valence-corrected chi connectivity index (χ3v) is 8.15. The molecule has 2 heterocycles. The Morgan fingerprint density at radius 2 is 1.81 bits per heavy atom. The molecule has 2 unspecified atom stereocenters. The number of thioether (sulfide) groups is 1. The lowest BCUT2D eigenvalue weighted by molar-refractivity contribution is 0.0172. The molecule has 6 heteroatoms. The van der Waals surface area contributed by atoms with Crippen molar-refractivity contribution in [1.82, 2.24) is 20.4 Å². The second-order valence-electron chi connectivity index (χ2n) is 8.87. The van der Waals surface area contributed by atoms with Gasteiger partial charge in [-0.15, -0.1) is 0 Å². The molecule has 5 nitrogen and oxygen atoms in total. The van der Waals surface area contributed by atoms with E-state index in [2.05, 4.69) is 38.7 Å². The Kier molecular flexibility index (Phi) is 8.15. The standard InChI is InChI=1S/C21H41N5S/c1-22-20(24-18-8-7-9-19(16-18)27-3)23-17-21(10-14-25(2)15-11-21)26-12-5-4-6-13-26/h18-19H,4-17H2,1-3H3,(H2,22,23,24). The minimum absolute atomic E-state index is 0.304. The largest absolute Gasteiger partial charge is 0.355 e. The molecule has 2 saturated heterocycles. The van der Waals surface area contributed by atoms with Crippen molar-refractivity contribution in [2.75, 3.05) is 53.1 Å². The molecule has 0 aromatic heterocycles. The first-order valence-corrected chi connectivity index (χ1v) is 12.4. The van der Waals surface area contributed by atoms with Crippen LogP contribution in [0.15, 0.2) is 4.99 Å². The Morgan fingerprint density at radius 3 is 2.48 bits per heavy atom. The van der Waals surface area contributed by atoms with Crippen LogP contribution in [-0.4, -0.2) is 85.7 Å². The van der Waals surface area contributed by atoms with Gasteiger partial charge in [0, 0.05) is 30.4 Å². The van der Waals surface area contributed by atoms with Crippen molar-refractivity contribution in [2.45, 2.75) is 74.6 Å². The van der Waals surface area contributed by atoms with Crippen molar-refractivity contribution in [3.8, 4) is 0 Å². The zero-order valence-electron chi connectivity index (χ0n) is 17.8. The number of piperidine rings is 2. The highest BCUT2D eigenvalue weighted by Gasteiger charge is 2.39. The summed E-state index contributed by atoms with van der Waals surface area (Å²) in [6.45, 7) is 5.99. The van der Waals surface area contributed by atoms with Gasteiger partial charge in [-0.05, 0) is 84.4 Å². The van der Waals surface area contributed by atoms with E-state index in [4.69, 9.17) is 0 Å². The number of aliphatic imine (C=N–C) groups is 1. The summed E-state index contributed by atoms with van der Waals surface area (Å²) in [7, 11) is 4.19. The van der Waals surface area contributed by atoms with Gasteiger partial charge >= 0.3 is 0 Å². The molecule has 0 bridgehead atoms. The Morgan fingerprint density at radius 1 is 1.07 bits per heavy atom. The molecule has 0 amide bonds. The second-order valence-corrected chi connectivity index (χ2v) is 10.0. The predicted octanol–water partition coefficient (Wildman–Crippen LogP) is 2.78. The molecule has 0 radical (unpaired) electrons. The van der Waals surface area contributed by atoms with Crippen molar-refractivity contribution in [2.24, 2.45) is 4.99 Å². The van der Waals surface area contributed by atoms with E-state index in [1.807, 2.05) is 18.8 Å². The van der Waals surface area contributed by atoms with Crippen LogP contribution < -0.4 is 10.6 Å². The number of hydrogen-bond donors (Lipinski definition) is 2. The quantitative estimate of drug-likeness (QED) is 0.553. The molecule has 156 valence electrons. The highest BCUT2D eigenvalue weighted by Crippen LogP contribution is 2.31. The van der Waals surface area contributed by atoms with Crippen LogP contribution in [0.2, 0.25) is 0 Å². The normalized spacial score (nSPS) is 30.9. The van der Waals surface area contributed by atoms with Gasteiger partial charge in [0.1, 0.15) is 0 Å². The van der Waals surface area contributed by atoms with E-state index in [0.717, 1.165) is 17.8 Å². The van der Waals surface area contributed by atoms with Crippen LogP contribution in [0, 0.1) is 0 Å². The summed E-state index contributed by atoms with van der Waals surface area (Å²) in [6, 6.07) is 0.575. The van der Waals surface area contributed by atoms with E-state index in [1.165, 1.54) is 84.0 Å². The van der Waals surface area contributed by atoms with Gasteiger partial charge in [0.05, 0.1) is 0 Å². The Labute approximate surface area is 171 Å².